The van der Waals surface area contributed by atoms with E-state index >= 15 is 0 Å². The molecule has 0 aromatic heterocycles. The fraction of sp³-hybridized carbons (Fsp3) is 0.294. The normalized spacial score (nSPS) is 13.7. The van der Waals surface area contributed by atoms with Gasteiger partial charge in [0.25, 0.3) is 0 Å². The lowest BCUT2D eigenvalue weighted by Crippen LogP contribution is -2.31. The standard InChI is InChI=1S/C17H18ClNO5S/c1-19(8-9-22-14-4-2-13(18)3-5-14)25(20,21)15-6-7-16-17(12-15)24-11-10-23-16/h2-7,12H,8-11H2,1H3. The van der Waals surface area contributed by atoms with Gasteiger partial charge >= 0.3 is 0 Å². The molecule has 6 nitrogen and oxygen atoms in total. The summed E-state index contributed by atoms with van der Waals surface area (Å²) >= 11 is 5.81. The average Bonchev–Trinajstić information content (AvgIpc) is 2.62. The molecule has 0 unspecified atom stereocenters. The zero-order valence-corrected chi connectivity index (χ0v) is 15.2. The number of fused-ring (bicyclic) bond motifs is 1. The molecular weight excluding hydrogens is 366 g/mol. The van der Waals surface area contributed by atoms with Crippen molar-refractivity contribution in [2.24, 2.45) is 0 Å². The first kappa shape index (κ1) is 17.8. The van der Waals surface area contributed by atoms with E-state index in [1.165, 1.54) is 23.5 Å². The topological polar surface area (TPSA) is 65.1 Å². The number of hydrogen-bond donors (Lipinski definition) is 0. The lowest BCUT2D eigenvalue weighted by atomic mass is 10.3. The van der Waals surface area contributed by atoms with Gasteiger partial charge < -0.3 is 14.2 Å². The van der Waals surface area contributed by atoms with Crippen molar-refractivity contribution in [2.75, 3.05) is 33.4 Å². The molecule has 3 rings (SSSR count). The van der Waals surface area contributed by atoms with Gasteiger partial charge in [0.15, 0.2) is 11.5 Å². The molecule has 0 radical (unpaired) electrons. The third-order valence-electron chi connectivity index (χ3n) is 3.71. The molecule has 134 valence electrons. The summed E-state index contributed by atoms with van der Waals surface area (Å²) in [6, 6.07) is 11.5. The molecule has 8 heteroatoms. The molecule has 0 atom stereocenters. The second kappa shape index (κ2) is 7.51. The van der Waals surface area contributed by atoms with Crippen LogP contribution in [0.1, 0.15) is 0 Å². The van der Waals surface area contributed by atoms with Crippen molar-refractivity contribution in [1.29, 1.82) is 0 Å². The fourth-order valence-electron chi connectivity index (χ4n) is 2.31. The van der Waals surface area contributed by atoms with Crippen LogP contribution in [0.15, 0.2) is 47.4 Å². The zero-order chi connectivity index (χ0) is 17.9. The van der Waals surface area contributed by atoms with E-state index in [1.54, 1.807) is 30.3 Å². The predicted molar refractivity (Wildman–Crippen MR) is 94.2 cm³/mol. The maximum atomic E-state index is 12.7. The van der Waals surface area contributed by atoms with Crippen LogP contribution < -0.4 is 14.2 Å². The van der Waals surface area contributed by atoms with Gasteiger partial charge in [-0.05, 0) is 36.4 Å². The average molecular weight is 384 g/mol. The highest BCUT2D eigenvalue weighted by Crippen LogP contribution is 2.32. The highest BCUT2D eigenvalue weighted by molar-refractivity contribution is 7.89. The monoisotopic (exact) mass is 383 g/mol. The molecular formula is C17H18ClNO5S. The Labute approximate surface area is 151 Å². The van der Waals surface area contributed by atoms with Crippen LogP contribution in [0.25, 0.3) is 0 Å². The maximum Gasteiger partial charge on any atom is 0.243 e. The van der Waals surface area contributed by atoms with Gasteiger partial charge in [-0.15, -0.1) is 0 Å². The third-order valence-corrected chi connectivity index (χ3v) is 5.82. The van der Waals surface area contributed by atoms with Crippen molar-refractivity contribution < 1.29 is 22.6 Å². The minimum absolute atomic E-state index is 0.158. The molecule has 25 heavy (non-hydrogen) atoms. The van der Waals surface area contributed by atoms with Gasteiger partial charge in [-0.25, -0.2) is 8.42 Å². The summed E-state index contributed by atoms with van der Waals surface area (Å²) in [6.07, 6.45) is 0. The van der Waals surface area contributed by atoms with Gasteiger partial charge in [-0.2, -0.15) is 4.31 Å². The molecule has 0 saturated carbocycles. The Morgan fingerprint density at radius 2 is 1.76 bits per heavy atom. The van der Waals surface area contributed by atoms with E-state index in [0.717, 1.165) is 0 Å². The Kier molecular flexibility index (Phi) is 5.36. The summed E-state index contributed by atoms with van der Waals surface area (Å²) in [5.74, 6) is 1.63. The van der Waals surface area contributed by atoms with Crippen molar-refractivity contribution in [3.63, 3.8) is 0 Å². The summed E-state index contributed by atoms with van der Waals surface area (Å²) in [5.41, 5.74) is 0. The number of rotatable bonds is 6. The summed E-state index contributed by atoms with van der Waals surface area (Å²) in [6.45, 7) is 1.30. The maximum absolute atomic E-state index is 12.7. The first-order chi connectivity index (χ1) is 12.0. The summed E-state index contributed by atoms with van der Waals surface area (Å²) < 4.78 is 43.0. The van der Waals surface area contributed by atoms with Gasteiger partial charge in [0.1, 0.15) is 25.6 Å². The number of likely N-dealkylation sites (N-methyl/N-ethyl adjacent to an activating group) is 1. The van der Waals surface area contributed by atoms with E-state index in [2.05, 4.69) is 0 Å². The Balaban J connectivity index is 1.64. The van der Waals surface area contributed by atoms with E-state index in [4.69, 9.17) is 25.8 Å². The van der Waals surface area contributed by atoms with Crippen LogP contribution in [0.4, 0.5) is 0 Å². The van der Waals surface area contributed by atoms with Crippen molar-refractivity contribution in [3.05, 3.63) is 47.5 Å². The van der Waals surface area contributed by atoms with Crippen molar-refractivity contribution in [2.45, 2.75) is 4.90 Å². The fourth-order valence-corrected chi connectivity index (χ4v) is 3.60. The number of sulfonamides is 1. The largest absolute Gasteiger partial charge is 0.492 e. The molecule has 0 spiro atoms. The smallest absolute Gasteiger partial charge is 0.243 e. The molecule has 0 bridgehead atoms. The Bertz CT molecular complexity index is 839. The van der Waals surface area contributed by atoms with E-state index in [1.807, 2.05) is 0 Å². The lowest BCUT2D eigenvalue weighted by Gasteiger charge is -2.21. The molecule has 1 aliphatic rings. The predicted octanol–water partition coefficient (Wildman–Crippen LogP) is 2.81. The summed E-state index contributed by atoms with van der Waals surface area (Å²) in [4.78, 5) is 0.158. The van der Waals surface area contributed by atoms with Crippen LogP contribution in [0.2, 0.25) is 5.02 Å². The quantitative estimate of drug-likeness (QED) is 0.767. The van der Waals surface area contributed by atoms with Crippen LogP contribution in [0.3, 0.4) is 0 Å². The molecule has 0 aliphatic carbocycles. The molecule has 1 aliphatic heterocycles. The van der Waals surface area contributed by atoms with Crippen LogP contribution >= 0.6 is 11.6 Å². The molecule has 0 amide bonds. The zero-order valence-electron chi connectivity index (χ0n) is 13.6. The van der Waals surface area contributed by atoms with Crippen molar-refractivity contribution in [1.82, 2.24) is 4.31 Å². The Morgan fingerprint density at radius 1 is 1.08 bits per heavy atom. The first-order valence-corrected chi connectivity index (χ1v) is 9.53. The summed E-state index contributed by atoms with van der Waals surface area (Å²) in [5, 5.41) is 0.616. The van der Waals surface area contributed by atoms with E-state index in [-0.39, 0.29) is 18.0 Å². The molecule has 0 fully saturated rings. The van der Waals surface area contributed by atoms with Crippen LogP contribution in [0.5, 0.6) is 17.2 Å². The molecule has 0 N–H and O–H groups in total. The number of benzene rings is 2. The van der Waals surface area contributed by atoms with E-state index in [0.29, 0.717) is 35.5 Å². The SMILES string of the molecule is CN(CCOc1ccc(Cl)cc1)S(=O)(=O)c1ccc2c(c1)OCCO2. The van der Waals surface area contributed by atoms with Crippen LogP contribution in [0, 0.1) is 0 Å². The summed E-state index contributed by atoms with van der Waals surface area (Å²) in [7, 11) is -2.13. The Morgan fingerprint density at radius 3 is 2.48 bits per heavy atom. The number of halogens is 1. The highest BCUT2D eigenvalue weighted by atomic mass is 35.5. The molecule has 2 aromatic rings. The minimum Gasteiger partial charge on any atom is -0.492 e. The lowest BCUT2D eigenvalue weighted by molar-refractivity contribution is 0.171. The third kappa shape index (κ3) is 4.18. The first-order valence-electron chi connectivity index (χ1n) is 7.71. The van der Waals surface area contributed by atoms with Crippen molar-refractivity contribution >= 4 is 21.6 Å². The van der Waals surface area contributed by atoms with Gasteiger partial charge in [0.2, 0.25) is 10.0 Å². The van der Waals surface area contributed by atoms with E-state index in [9.17, 15) is 8.42 Å². The van der Waals surface area contributed by atoms with Gasteiger partial charge in [-0.3, -0.25) is 0 Å². The molecule has 2 aromatic carbocycles. The van der Waals surface area contributed by atoms with E-state index < -0.39 is 10.0 Å². The van der Waals surface area contributed by atoms with Gasteiger partial charge in [0.05, 0.1) is 4.90 Å². The molecule has 1 heterocycles. The molecule has 0 saturated heterocycles. The Hall–Kier alpha value is -1.96. The van der Waals surface area contributed by atoms with Gasteiger partial charge in [-0.1, -0.05) is 11.6 Å². The highest BCUT2D eigenvalue weighted by Gasteiger charge is 2.23. The number of nitrogens with zero attached hydrogens (tertiary/aromatic N) is 1. The van der Waals surface area contributed by atoms with Crippen LogP contribution in [-0.2, 0) is 10.0 Å². The minimum atomic E-state index is -3.64. The second-order valence-electron chi connectivity index (χ2n) is 5.43. The van der Waals surface area contributed by atoms with Crippen LogP contribution in [-0.4, -0.2) is 46.1 Å². The van der Waals surface area contributed by atoms with Gasteiger partial charge in [0, 0.05) is 24.7 Å². The number of hydrogen-bond acceptors (Lipinski definition) is 5. The van der Waals surface area contributed by atoms with Crippen molar-refractivity contribution in [3.8, 4) is 17.2 Å². The second-order valence-corrected chi connectivity index (χ2v) is 7.92. The number of ether oxygens (including phenoxy) is 3.